The van der Waals surface area contributed by atoms with E-state index in [4.69, 9.17) is 23.2 Å². The van der Waals surface area contributed by atoms with Crippen LogP contribution in [0.1, 0.15) is 6.42 Å². The van der Waals surface area contributed by atoms with Gasteiger partial charge in [-0.1, -0.05) is 23.2 Å². The zero-order valence-electron chi connectivity index (χ0n) is 11.8. The molecule has 2 aromatic rings. The smallest absolute Gasteiger partial charge is 0.256 e. The second kappa shape index (κ2) is 6.10. The Morgan fingerprint density at radius 2 is 1.78 bits per heavy atom. The third-order valence-electron chi connectivity index (χ3n) is 3.52. The summed E-state index contributed by atoms with van der Waals surface area (Å²) in [5.74, 6) is -0.620. The minimum atomic E-state index is -0.699. The predicted octanol–water partition coefficient (Wildman–Crippen LogP) is 3.44. The van der Waals surface area contributed by atoms with Gasteiger partial charge in [-0.2, -0.15) is 0 Å². The third-order valence-corrected chi connectivity index (χ3v) is 4.06. The minimum absolute atomic E-state index is 0.0265. The van der Waals surface area contributed by atoms with E-state index in [1.807, 2.05) is 0 Å². The molecule has 1 aliphatic rings. The first kappa shape index (κ1) is 15.6. The first-order valence-electron chi connectivity index (χ1n) is 6.83. The lowest BCUT2D eigenvalue weighted by Crippen LogP contribution is -2.34. The number of amides is 2. The first-order valence-corrected chi connectivity index (χ1v) is 7.59. The van der Waals surface area contributed by atoms with Crippen molar-refractivity contribution < 1.29 is 14.7 Å². The van der Waals surface area contributed by atoms with Crippen LogP contribution in [0.3, 0.4) is 0 Å². The van der Waals surface area contributed by atoms with Gasteiger partial charge >= 0.3 is 0 Å². The lowest BCUT2D eigenvalue weighted by Gasteiger charge is -2.16. The van der Waals surface area contributed by atoms with Crippen molar-refractivity contribution in [3.05, 3.63) is 52.5 Å². The van der Waals surface area contributed by atoms with Gasteiger partial charge in [-0.3, -0.25) is 9.59 Å². The number of nitrogens with one attached hydrogen (secondary N) is 1. The van der Waals surface area contributed by atoms with E-state index in [0.717, 1.165) is 4.90 Å². The largest absolute Gasteiger partial charge is 0.508 e. The van der Waals surface area contributed by atoms with Crippen molar-refractivity contribution in [3.8, 4) is 5.75 Å². The number of halogens is 2. The van der Waals surface area contributed by atoms with Crippen molar-refractivity contribution in [2.45, 2.75) is 12.5 Å². The molecule has 1 aliphatic heterocycles. The number of aromatic hydroxyl groups is 1. The van der Waals surface area contributed by atoms with E-state index in [9.17, 15) is 14.7 Å². The zero-order valence-corrected chi connectivity index (χ0v) is 13.3. The van der Waals surface area contributed by atoms with Gasteiger partial charge in [-0.15, -0.1) is 0 Å². The van der Waals surface area contributed by atoms with E-state index in [1.54, 1.807) is 18.2 Å². The summed E-state index contributed by atoms with van der Waals surface area (Å²) >= 11 is 11.9. The molecule has 0 saturated carbocycles. The molecule has 2 aromatic carbocycles. The van der Waals surface area contributed by atoms with Crippen LogP contribution in [0.15, 0.2) is 42.5 Å². The summed E-state index contributed by atoms with van der Waals surface area (Å²) in [6.45, 7) is 0. The Labute approximate surface area is 142 Å². The molecule has 5 nitrogen and oxygen atoms in total. The molecular weight excluding hydrogens is 339 g/mol. The molecule has 1 unspecified atom stereocenters. The Morgan fingerprint density at radius 1 is 1.09 bits per heavy atom. The van der Waals surface area contributed by atoms with Gasteiger partial charge in [0.05, 0.1) is 22.8 Å². The van der Waals surface area contributed by atoms with Crippen LogP contribution >= 0.6 is 23.2 Å². The average Bonchev–Trinajstić information content (AvgIpc) is 2.78. The lowest BCUT2D eigenvalue weighted by atomic mass is 10.2. The fourth-order valence-electron chi connectivity index (χ4n) is 2.41. The van der Waals surface area contributed by atoms with E-state index in [-0.39, 0.29) is 24.0 Å². The van der Waals surface area contributed by atoms with Crippen LogP contribution in [0.2, 0.25) is 10.0 Å². The number of phenols is 1. The number of imide groups is 1. The quantitative estimate of drug-likeness (QED) is 0.832. The Kier molecular flexibility index (Phi) is 4.15. The van der Waals surface area contributed by atoms with Crippen LogP contribution in [0.4, 0.5) is 11.4 Å². The van der Waals surface area contributed by atoms with Crippen LogP contribution in [0, 0.1) is 0 Å². The fourth-order valence-corrected chi connectivity index (χ4v) is 2.87. The number of anilines is 2. The molecule has 1 atom stereocenters. The van der Waals surface area contributed by atoms with Crippen molar-refractivity contribution >= 4 is 46.4 Å². The summed E-state index contributed by atoms with van der Waals surface area (Å²) < 4.78 is 0. The van der Waals surface area contributed by atoms with E-state index < -0.39 is 6.04 Å². The number of carbonyl (C=O) groups excluding carboxylic acids is 2. The number of nitrogens with zero attached hydrogens (tertiary/aromatic N) is 1. The Balaban J connectivity index is 1.82. The maximum Gasteiger partial charge on any atom is 0.256 e. The second-order valence-electron chi connectivity index (χ2n) is 5.11. The van der Waals surface area contributed by atoms with E-state index in [0.29, 0.717) is 21.4 Å². The van der Waals surface area contributed by atoms with Crippen LogP contribution in [0.25, 0.3) is 0 Å². The molecule has 1 saturated heterocycles. The highest BCUT2D eigenvalue weighted by molar-refractivity contribution is 6.36. The van der Waals surface area contributed by atoms with E-state index >= 15 is 0 Å². The van der Waals surface area contributed by atoms with Crippen molar-refractivity contribution in [1.82, 2.24) is 0 Å². The zero-order chi connectivity index (χ0) is 16.6. The normalized spacial score (nSPS) is 17.7. The number of benzene rings is 2. The molecule has 23 heavy (non-hydrogen) atoms. The minimum Gasteiger partial charge on any atom is -0.508 e. The van der Waals surface area contributed by atoms with Gasteiger partial charge in [0.15, 0.2) is 0 Å². The molecule has 118 valence electrons. The Hall–Kier alpha value is -2.24. The monoisotopic (exact) mass is 350 g/mol. The summed E-state index contributed by atoms with van der Waals surface area (Å²) in [6.07, 6.45) is 0.0265. The number of rotatable bonds is 3. The summed E-state index contributed by atoms with van der Waals surface area (Å²) in [7, 11) is 0. The van der Waals surface area contributed by atoms with Crippen molar-refractivity contribution in [1.29, 1.82) is 0 Å². The van der Waals surface area contributed by atoms with Gasteiger partial charge in [0.1, 0.15) is 11.8 Å². The van der Waals surface area contributed by atoms with Crippen LogP contribution < -0.4 is 10.2 Å². The van der Waals surface area contributed by atoms with Crippen molar-refractivity contribution in [2.75, 3.05) is 10.2 Å². The van der Waals surface area contributed by atoms with Crippen LogP contribution in [0.5, 0.6) is 5.75 Å². The van der Waals surface area contributed by atoms with Crippen LogP contribution in [-0.4, -0.2) is 23.0 Å². The molecule has 0 radical (unpaired) electrons. The first-order chi connectivity index (χ1) is 11.0. The number of hydrogen-bond donors (Lipinski definition) is 2. The summed E-state index contributed by atoms with van der Waals surface area (Å²) in [5, 5.41) is 13.1. The molecular formula is C16H12Cl2N2O3. The van der Waals surface area contributed by atoms with E-state index in [2.05, 4.69) is 5.32 Å². The van der Waals surface area contributed by atoms with E-state index in [1.165, 1.54) is 24.3 Å². The molecule has 3 rings (SSSR count). The standard InChI is InChI=1S/C16H12Cl2N2O3/c17-9-1-6-13(12(18)7-9)19-14-8-15(22)20(16(14)23)10-2-4-11(21)5-3-10/h1-7,14,19,21H,8H2. The summed E-state index contributed by atoms with van der Waals surface area (Å²) in [4.78, 5) is 25.8. The molecule has 7 heteroatoms. The molecule has 2 N–H and O–H groups in total. The molecule has 0 aromatic heterocycles. The average molecular weight is 351 g/mol. The lowest BCUT2D eigenvalue weighted by molar-refractivity contribution is -0.121. The van der Waals surface area contributed by atoms with Crippen LogP contribution in [-0.2, 0) is 9.59 Å². The molecule has 0 bridgehead atoms. The summed E-state index contributed by atoms with van der Waals surface area (Å²) in [6, 6.07) is 10.0. The van der Waals surface area contributed by atoms with Crippen molar-refractivity contribution in [2.24, 2.45) is 0 Å². The maximum atomic E-state index is 12.5. The van der Waals surface area contributed by atoms with Gasteiger partial charge in [-0.05, 0) is 42.5 Å². The third kappa shape index (κ3) is 3.11. The maximum absolute atomic E-state index is 12.5. The van der Waals surface area contributed by atoms with Gasteiger partial charge in [0.2, 0.25) is 5.91 Å². The summed E-state index contributed by atoms with van der Waals surface area (Å²) in [5.41, 5.74) is 0.957. The number of phenolic OH excluding ortho intramolecular Hbond substituents is 1. The Bertz CT molecular complexity index is 777. The highest BCUT2D eigenvalue weighted by atomic mass is 35.5. The number of hydrogen-bond acceptors (Lipinski definition) is 4. The van der Waals surface area contributed by atoms with Gasteiger partial charge < -0.3 is 10.4 Å². The molecule has 0 spiro atoms. The topological polar surface area (TPSA) is 69.6 Å². The predicted molar refractivity (Wildman–Crippen MR) is 89.1 cm³/mol. The van der Waals surface area contributed by atoms with Crippen molar-refractivity contribution in [3.63, 3.8) is 0 Å². The second-order valence-corrected chi connectivity index (χ2v) is 5.95. The number of carbonyl (C=O) groups is 2. The SMILES string of the molecule is O=C1CC(Nc2ccc(Cl)cc2Cl)C(=O)N1c1ccc(O)cc1. The van der Waals surface area contributed by atoms with Gasteiger partial charge in [0.25, 0.3) is 5.91 Å². The Morgan fingerprint density at radius 3 is 2.43 bits per heavy atom. The molecule has 1 heterocycles. The fraction of sp³-hybridized carbons (Fsp3) is 0.125. The molecule has 0 aliphatic carbocycles. The molecule has 1 fully saturated rings. The highest BCUT2D eigenvalue weighted by Gasteiger charge is 2.39. The molecule has 2 amide bonds. The van der Waals surface area contributed by atoms with Gasteiger partial charge in [0, 0.05) is 5.02 Å². The highest BCUT2D eigenvalue weighted by Crippen LogP contribution is 2.30. The van der Waals surface area contributed by atoms with Gasteiger partial charge in [-0.25, -0.2) is 4.90 Å².